The zero-order chi connectivity index (χ0) is 19.5. The molecule has 1 aromatic carbocycles. The van der Waals surface area contributed by atoms with Gasteiger partial charge in [-0.3, -0.25) is 14.4 Å². The van der Waals surface area contributed by atoms with Crippen LogP contribution >= 0.6 is 0 Å². The number of amides is 1. The van der Waals surface area contributed by atoms with Gasteiger partial charge in [-0.25, -0.2) is 0 Å². The van der Waals surface area contributed by atoms with Crippen molar-refractivity contribution in [1.29, 1.82) is 0 Å². The largest absolute Gasteiger partial charge is 0.488 e. The van der Waals surface area contributed by atoms with E-state index >= 15 is 0 Å². The van der Waals surface area contributed by atoms with E-state index in [1.54, 1.807) is 24.0 Å². The van der Waals surface area contributed by atoms with E-state index in [0.717, 1.165) is 13.1 Å². The average molecular weight is 386 g/mol. The Labute approximate surface area is 164 Å². The molecule has 8 heteroatoms. The number of carbonyl (C=O) groups excluding carboxylic acids is 1. The fourth-order valence-electron chi connectivity index (χ4n) is 4.11. The molecule has 2 N–H and O–H groups in total. The summed E-state index contributed by atoms with van der Waals surface area (Å²) in [6.07, 6.45) is 1.02. The zero-order valence-electron chi connectivity index (χ0n) is 15.9. The highest BCUT2D eigenvalue weighted by atomic mass is 16.5. The number of nitrogens with zero attached hydrogens (tertiary/aromatic N) is 3. The molecule has 1 saturated heterocycles. The van der Waals surface area contributed by atoms with Gasteiger partial charge < -0.3 is 19.9 Å². The van der Waals surface area contributed by atoms with Crippen LogP contribution in [0.25, 0.3) is 0 Å². The highest BCUT2D eigenvalue weighted by Crippen LogP contribution is 2.30. The van der Waals surface area contributed by atoms with Gasteiger partial charge >= 0.3 is 0 Å². The molecule has 1 saturated carbocycles. The Bertz CT molecular complexity index is 791. The molecule has 1 amide bonds. The lowest BCUT2D eigenvalue weighted by Gasteiger charge is -2.37. The summed E-state index contributed by atoms with van der Waals surface area (Å²) >= 11 is 0. The van der Waals surface area contributed by atoms with E-state index in [1.165, 1.54) is 0 Å². The van der Waals surface area contributed by atoms with Crippen LogP contribution in [0.15, 0.2) is 42.6 Å². The molecule has 1 aromatic heterocycles. The van der Waals surface area contributed by atoms with Crippen molar-refractivity contribution in [2.75, 3.05) is 26.3 Å². The Morgan fingerprint density at radius 1 is 1.25 bits per heavy atom. The Balaban J connectivity index is 1.52. The highest BCUT2D eigenvalue weighted by Gasteiger charge is 2.47. The number of para-hydroxylation sites is 1. The summed E-state index contributed by atoms with van der Waals surface area (Å²) in [4.78, 5) is 14.9. The first-order chi connectivity index (χ1) is 13.6. The van der Waals surface area contributed by atoms with E-state index in [1.807, 2.05) is 30.3 Å². The van der Waals surface area contributed by atoms with Crippen LogP contribution in [0, 0.1) is 0 Å². The maximum absolute atomic E-state index is 12.7. The molecule has 150 valence electrons. The van der Waals surface area contributed by atoms with Gasteiger partial charge in [0, 0.05) is 32.8 Å². The van der Waals surface area contributed by atoms with E-state index in [4.69, 9.17) is 9.47 Å². The van der Waals surface area contributed by atoms with E-state index in [0.29, 0.717) is 31.1 Å². The van der Waals surface area contributed by atoms with Crippen LogP contribution in [0.1, 0.15) is 16.9 Å². The van der Waals surface area contributed by atoms with Crippen LogP contribution in [0.3, 0.4) is 0 Å². The van der Waals surface area contributed by atoms with Crippen LogP contribution < -0.4 is 10.1 Å². The van der Waals surface area contributed by atoms with Crippen molar-refractivity contribution in [2.24, 2.45) is 7.05 Å². The molecule has 28 heavy (non-hydrogen) atoms. The van der Waals surface area contributed by atoms with Gasteiger partial charge in [0.25, 0.3) is 5.91 Å². The topological polar surface area (TPSA) is 88.9 Å². The van der Waals surface area contributed by atoms with Crippen molar-refractivity contribution in [3.63, 3.8) is 0 Å². The first kappa shape index (κ1) is 18.9. The predicted octanol–water partition coefficient (Wildman–Crippen LogP) is 0.431. The second-order valence-corrected chi connectivity index (χ2v) is 7.25. The molecule has 2 fully saturated rings. The van der Waals surface area contributed by atoms with Crippen LogP contribution in [0.5, 0.6) is 5.75 Å². The summed E-state index contributed by atoms with van der Waals surface area (Å²) in [5.74, 6) is 0.515. The van der Waals surface area contributed by atoms with Gasteiger partial charge in [0.2, 0.25) is 0 Å². The molecule has 4 rings (SSSR count). The van der Waals surface area contributed by atoms with Crippen molar-refractivity contribution >= 4 is 5.91 Å². The molecular weight excluding hydrogens is 360 g/mol. The molecule has 0 radical (unpaired) electrons. The van der Waals surface area contributed by atoms with Crippen LogP contribution in [-0.2, 0) is 11.8 Å². The number of aromatic nitrogens is 2. The number of morpholine rings is 1. The number of hydrogen-bond acceptors (Lipinski definition) is 6. The van der Waals surface area contributed by atoms with E-state index < -0.39 is 12.2 Å². The Morgan fingerprint density at radius 3 is 2.68 bits per heavy atom. The van der Waals surface area contributed by atoms with Crippen molar-refractivity contribution in [3.8, 4) is 5.75 Å². The van der Waals surface area contributed by atoms with Gasteiger partial charge in [-0.2, -0.15) is 5.10 Å². The SMILES string of the molecule is Cn1nccc1C(=O)N[C@@H]1C[C@@H](Oc2ccccc2)[C@H](O)[C@H]1N1CCOCC1. The number of benzene rings is 1. The summed E-state index contributed by atoms with van der Waals surface area (Å²) in [6, 6.07) is 10.7. The summed E-state index contributed by atoms with van der Waals surface area (Å²) in [5.41, 5.74) is 0.489. The van der Waals surface area contributed by atoms with Gasteiger partial charge in [0.1, 0.15) is 23.7 Å². The normalized spacial score (nSPS) is 28.2. The third kappa shape index (κ3) is 3.89. The van der Waals surface area contributed by atoms with Gasteiger partial charge in [-0.05, 0) is 18.2 Å². The number of aliphatic hydroxyl groups excluding tert-OH is 1. The van der Waals surface area contributed by atoms with Crippen LogP contribution in [0.4, 0.5) is 0 Å². The highest BCUT2D eigenvalue weighted by molar-refractivity contribution is 5.92. The predicted molar refractivity (Wildman–Crippen MR) is 102 cm³/mol. The minimum atomic E-state index is -0.713. The van der Waals surface area contributed by atoms with Crippen molar-refractivity contribution in [2.45, 2.75) is 30.7 Å². The summed E-state index contributed by atoms with van der Waals surface area (Å²) in [6.45, 7) is 2.68. The first-order valence-corrected chi connectivity index (χ1v) is 9.64. The zero-order valence-corrected chi connectivity index (χ0v) is 15.9. The number of rotatable bonds is 5. The molecule has 2 aliphatic rings. The molecule has 0 bridgehead atoms. The van der Waals surface area contributed by atoms with E-state index in [9.17, 15) is 9.90 Å². The molecule has 0 spiro atoms. The van der Waals surface area contributed by atoms with Crippen molar-refractivity contribution in [3.05, 3.63) is 48.3 Å². The number of aliphatic hydroxyl groups is 1. The van der Waals surface area contributed by atoms with Crippen LogP contribution in [0.2, 0.25) is 0 Å². The minimum Gasteiger partial charge on any atom is -0.488 e. The van der Waals surface area contributed by atoms with Gasteiger partial charge in [0.15, 0.2) is 0 Å². The van der Waals surface area contributed by atoms with Gasteiger partial charge in [0.05, 0.1) is 25.3 Å². The molecular formula is C20H26N4O4. The maximum Gasteiger partial charge on any atom is 0.269 e. The monoisotopic (exact) mass is 386 g/mol. The molecule has 4 atom stereocenters. The molecule has 2 aromatic rings. The number of ether oxygens (including phenoxy) is 2. The van der Waals surface area contributed by atoms with Crippen molar-refractivity contribution in [1.82, 2.24) is 20.0 Å². The lowest BCUT2D eigenvalue weighted by atomic mass is 10.1. The van der Waals surface area contributed by atoms with Gasteiger partial charge in [-0.1, -0.05) is 18.2 Å². The standard InChI is InChI=1S/C20H26N4O4/c1-23-16(7-8-21-23)20(26)22-15-13-17(28-14-5-3-2-4-6-14)19(25)18(15)24-9-11-27-12-10-24/h2-8,15,17-19,25H,9-13H2,1H3,(H,22,26)/t15-,17-,18+,19+/m1/s1. The summed E-state index contributed by atoms with van der Waals surface area (Å²) in [7, 11) is 1.74. The third-order valence-electron chi connectivity index (χ3n) is 5.50. The van der Waals surface area contributed by atoms with Crippen molar-refractivity contribution < 1.29 is 19.4 Å². The first-order valence-electron chi connectivity index (χ1n) is 9.64. The number of nitrogens with one attached hydrogen (secondary N) is 1. The lowest BCUT2D eigenvalue weighted by Crippen LogP contribution is -2.56. The second kappa shape index (κ2) is 8.30. The fourth-order valence-corrected chi connectivity index (χ4v) is 4.11. The molecule has 0 unspecified atom stereocenters. The summed E-state index contributed by atoms with van der Waals surface area (Å²) < 4.78 is 13.1. The summed E-state index contributed by atoms with van der Waals surface area (Å²) in [5, 5.41) is 18.2. The molecule has 1 aliphatic carbocycles. The molecule has 1 aliphatic heterocycles. The fraction of sp³-hybridized carbons (Fsp3) is 0.500. The minimum absolute atomic E-state index is 0.198. The van der Waals surface area contributed by atoms with E-state index in [2.05, 4.69) is 15.3 Å². The van der Waals surface area contributed by atoms with Crippen LogP contribution in [-0.4, -0.2) is 76.3 Å². The Kier molecular flexibility index (Phi) is 5.61. The molecule has 2 heterocycles. The van der Waals surface area contributed by atoms with Gasteiger partial charge in [-0.15, -0.1) is 0 Å². The van der Waals surface area contributed by atoms with E-state index in [-0.39, 0.29) is 18.0 Å². The third-order valence-corrected chi connectivity index (χ3v) is 5.50. The smallest absolute Gasteiger partial charge is 0.269 e. The quantitative estimate of drug-likeness (QED) is 0.775. The maximum atomic E-state index is 12.7. The Hall–Kier alpha value is -2.42. The average Bonchev–Trinajstić information content (AvgIpc) is 3.27. The molecule has 8 nitrogen and oxygen atoms in total. The number of aryl methyl sites for hydroxylation is 1. The number of carbonyl (C=O) groups is 1. The lowest BCUT2D eigenvalue weighted by molar-refractivity contribution is -0.0350. The second-order valence-electron chi connectivity index (χ2n) is 7.25. The number of hydrogen-bond donors (Lipinski definition) is 2. The Morgan fingerprint density at radius 2 is 2.00 bits per heavy atom.